The van der Waals surface area contributed by atoms with Crippen LogP contribution in [0.3, 0.4) is 0 Å². The van der Waals surface area contributed by atoms with E-state index in [0.29, 0.717) is 29.3 Å². The van der Waals surface area contributed by atoms with Gasteiger partial charge in [0.1, 0.15) is 24.9 Å². The molecule has 31 heavy (non-hydrogen) atoms. The van der Waals surface area contributed by atoms with E-state index in [2.05, 4.69) is 12.1 Å². The van der Waals surface area contributed by atoms with Gasteiger partial charge in [0.25, 0.3) is 5.56 Å². The molecule has 0 spiro atoms. The Hall–Kier alpha value is -3.19. The van der Waals surface area contributed by atoms with Crippen LogP contribution in [0, 0.1) is 0 Å². The van der Waals surface area contributed by atoms with Crippen molar-refractivity contribution in [3.63, 3.8) is 0 Å². The van der Waals surface area contributed by atoms with E-state index in [1.165, 1.54) is 27.9 Å². The summed E-state index contributed by atoms with van der Waals surface area (Å²) in [6.07, 6.45) is 4.54. The molecule has 1 aromatic heterocycles. The molecule has 1 fully saturated rings. The number of para-hydroxylation sites is 1. The quantitative estimate of drug-likeness (QED) is 0.632. The lowest BCUT2D eigenvalue weighted by molar-refractivity contribution is -0.945. The van der Waals surface area contributed by atoms with Crippen LogP contribution < -0.4 is 20.9 Å². The highest BCUT2D eigenvalue weighted by Crippen LogP contribution is 2.22. The molecule has 2 heterocycles. The second-order valence-electron chi connectivity index (χ2n) is 8.16. The van der Waals surface area contributed by atoms with Crippen molar-refractivity contribution in [1.82, 2.24) is 9.55 Å². The maximum absolute atomic E-state index is 13.1. The number of amides is 1. The third kappa shape index (κ3) is 4.61. The Morgan fingerprint density at radius 2 is 1.94 bits per heavy atom. The molecule has 7 heteroatoms. The summed E-state index contributed by atoms with van der Waals surface area (Å²) in [6, 6.07) is 15.8. The summed E-state index contributed by atoms with van der Waals surface area (Å²) in [6.45, 7) is 1.38. The van der Waals surface area contributed by atoms with Gasteiger partial charge in [-0.1, -0.05) is 12.1 Å². The number of nitrogens with two attached hydrogens (primary N) is 1. The number of nitrogens with zero attached hydrogens (tertiary/aromatic N) is 2. The molecular formula is C24H29N4O3+. The van der Waals surface area contributed by atoms with Gasteiger partial charge in [-0.05, 0) is 55.7 Å². The highest BCUT2D eigenvalue weighted by Gasteiger charge is 2.28. The van der Waals surface area contributed by atoms with Gasteiger partial charge in [0.05, 0.1) is 24.6 Å². The van der Waals surface area contributed by atoms with Gasteiger partial charge in [0, 0.05) is 12.0 Å². The van der Waals surface area contributed by atoms with Crippen LogP contribution in [0.25, 0.3) is 10.9 Å². The van der Waals surface area contributed by atoms with E-state index >= 15 is 0 Å². The fraction of sp³-hybridized carbons (Fsp3) is 0.375. The summed E-state index contributed by atoms with van der Waals surface area (Å²) >= 11 is 0. The molecule has 3 N–H and O–H groups in total. The van der Waals surface area contributed by atoms with E-state index in [9.17, 15) is 9.59 Å². The zero-order valence-corrected chi connectivity index (χ0v) is 17.8. The van der Waals surface area contributed by atoms with Crippen LogP contribution in [0.2, 0.25) is 0 Å². The third-order valence-electron chi connectivity index (χ3n) is 6.14. The molecule has 1 aliphatic heterocycles. The molecule has 3 aromatic rings. The highest BCUT2D eigenvalue weighted by atomic mass is 16.5. The number of primary amides is 1. The third-order valence-corrected chi connectivity index (χ3v) is 6.14. The summed E-state index contributed by atoms with van der Waals surface area (Å²) in [5.74, 6) is 0.904. The predicted molar refractivity (Wildman–Crippen MR) is 119 cm³/mol. The van der Waals surface area contributed by atoms with E-state index in [0.717, 1.165) is 25.1 Å². The van der Waals surface area contributed by atoms with Crippen LogP contribution in [0.5, 0.6) is 5.75 Å². The molecule has 0 aliphatic carbocycles. The first-order chi connectivity index (χ1) is 15.1. The minimum atomic E-state index is -0.544. The van der Waals surface area contributed by atoms with Crippen LogP contribution >= 0.6 is 0 Å². The molecule has 1 saturated heterocycles. The minimum Gasteiger partial charge on any atom is -0.497 e. The number of nitrogens with one attached hydrogen (secondary N) is 1. The van der Waals surface area contributed by atoms with Gasteiger partial charge < -0.3 is 15.4 Å². The number of carbonyl (C=O) groups is 1. The number of likely N-dealkylation sites (tertiary alicyclic amines) is 1. The maximum atomic E-state index is 13.1. The smallest absolute Gasteiger partial charge is 0.262 e. The van der Waals surface area contributed by atoms with Crippen LogP contribution in [0.4, 0.5) is 0 Å². The first kappa shape index (κ1) is 21.1. The second-order valence-corrected chi connectivity index (χ2v) is 8.16. The first-order valence-corrected chi connectivity index (χ1v) is 10.8. The van der Waals surface area contributed by atoms with Crippen molar-refractivity contribution in [3.05, 3.63) is 70.3 Å². The second kappa shape index (κ2) is 9.31. The SMILES string of the molecule is COc1ccc([C@H]2CCCCC[NH+]2Cc2nc3ccccc3c(=O)n2CC(N)=O)cc1. The van der Waals surface area contributed by atoms with Gasteiger partial charge in [-0.3, -0.25) is 14.2 Å². The Bertz CT molecular complexity index is 1120. The van der Waals surface area contributed by atoms with Gasteiger partial charge in [-0.25, -0.2) is 4.98 Å². The van der Waals surface area contributed by atoms with Crippen molar-refractivity contribution in [3.8, 4) is 5.75 Å². The van der Waals surface area contributed by atoms with E-state index in [1.54, 1.807) is 19.2 Å². The summed E-state index contributed by atoms with van der Waals surface area (Å²) in [4.78, 5) is 31.0. The number of aromatic nitrogens is 2. The van der Waals surface area contributed by atoms with Crippen molar-refractivity contribution < 1.29 is 14.4 Å². The Balaban J connectivity index is 1.73. The zero-order chi connectivity index (χ0) is 21.8. The molecule has 2 atom stereocenters. The molecule has 4 rings (SSSR count). The summed E-state index contributed by atoms with van der Waals surface area (Å²) in [5.41, 5.74) is 7.16. The highest BCUT2D eigenvalue weighted by molar-refractivity contribution is 5.78. The summed E-state index contributed by atoms with van der Waals surface area (Å²) in [5, 5.41) is 0.505. The predicted octanol–water partition coefficient (Wildman–Crippen LogP) is 1.59. The Kier molecular flexibility index (Phi) is 6.32. The molecule has 1 unspecified atom stereocenters. The monoisotopic (exact) mass is 421 g/mol. The van der Waals surface area contributed by atoms with Gasteiger partial charge in [-0.2, -0.15) is 0 Å². The molecule has 0 radical (unpaired) electrons. The van der Waals surface area contributed by atoms with Crippen molar-refractivity contribution >= 4 is 16.8 Å². The number of hydrogen-bond donors (Lipinski definition) is 2. The molecule has 162 valence electrons. The summed E-state index contributed by atoms with van der Waals surface area (Å²) in [7, 11) is 1.67. The molecule has 0 bridgehead atoms. The molecule has 1 amide bonds. The Morgan fingerprint density at radius 3 is 2.68 bits per heavy atom. The average Bonchev–Trinajstić information content (AvgIpc) is 3.02. The number of ether oxygens (including phenoxy) is 1. The number of carbonyl (C=O) groups excluding carboxylic acids is 1. The standard InChI is InChI=1S/C24H28N4O3/c1-31-18-12-10-17(11-13-18)21-9-3-2-6-14-27(21)16-23-26-20-8-5-4-7-19(20)24(30)28(23)15-22(25)29/h4-5,7-8,10-13,21H,2-3,6,9,14-16H2,1H3,(H2,25,29)/p+1/t21-/m1/s1. The average molecular weight is 422 g/mol. The van der Waals surface area contributed by atoms with E-state index in [1.807, 2.05) is 24.3 Å². The van der Waals surface area contributed by atoms with E-state index < -0.39 is 5.91 Å². The van der Waals surface area contributed by atoms with Crippen LogP contribution in [-0.4, -0.2) is 29.1 Å². The molecule has 2 aromatic carbocycles. The Morgan fingerprint density at radius 1 is 1.16 bits per heavy atom. The molecule has 7 nitrogen and oxygen atoms in total. The normalized spacial score (nSPS) is 19.1. The maximum Gasteiger partial charge on any atom is 0.262 e. The van der Waals surface area contributed by atoms with Crippen molar-refractivity contribution in [2.45, 2.75) is 44.8 Å². The largest absolute Gasteiger partial charge is 0.497 e. The lowest BCUT2D eigenvalue weighted by atomic mass is 10.0. The fourth-order valence-electron chi connectivity index (χ4n) is 4.58. The number of fused-ring (bicyclic) bond motifs is 1. The van der Waals surface area contributed by atoms with E-state index in [4.69, 9.17) is 15.5 Å². The van der Waals surface area contributed by atoms with Gasteiger partial charge in [-0.15, -0.1) is 0 Å². The number of quaternary nitrogens is 1. The van der Waals surface area contributed by atoms with Crippen molar-refractivity contribution in [2.24, 2.45) is 5.73 Å². The van der Waals surface area contributed by atoms with Gasteiger partial charge in [0.2, 0.25) is 5.91 Å². The van der Waals surface area contributed by atoms with Gasteiger partial charge in [0.15, 0.2) is 5.82 Å². The molecule has 0 saturated carbocycles. The van der Waals surface area contributed by atoms with Crippen LogP contribution in [0.1, 0.15) is 43.1 Å². The van der Waals surface area contributed by atoms with Gasteiger partial charge >= 0.3 is 0 Å². The fourth-order valence-corrected chi connectivity index (χ4v) is 4.58. The summed E-state index contributed by atoms with van der Waals surface area (Å²) < 4.78 is 6.76. The lowest BCUT2D eigenvalue weighted by Gasteiger charge is -2.28. The number of hydrogen-bond acceptors (Lipinski definition) is 4. The van der Waals surface area contributed by atoms with Crippen molar-refractivity contribution in [1.29, 1.82) is 0 Å². The topological polar surface area (TPSA) is 91.7 Å². The first-order valence-electron chi connectivity index (χ1n) is 10.8. The van der Waals surface area contributed by atoms with Crippen molar-refractivity contribution in [2.75, 3.05) is 13.7 Å². The minimum absolute atomic E-state index is 0.160. The van der Waals surface area contributed by atoms with Crippen LogP contribution in [0.15, 0.2) is 53.3 Å². The lowest BCUT2D eigenvalue weighted by Crippen LogP contribution is -3.11. The Labute approximate surface area is 181 Å². The molecule has 1 aliphatic rings. The molecular weight excluding hydrogens is 392 g/mol. The number of benzene rings is 2. The zero-order valence-electron chi connectivity index (χ0n) is 17.8. The van der Waals surface area contributed by atoms with Crippen LogP contribution in [-0.2, 0) is 17.9 Å². The number of methoxy groups -OCH3 is 1. The number of rotatable bonds is 6. The van der Waals surface area contributed by atoms with E-state index in [-0.39, 0.29) is 12.1 Å².